The molecule has 0 aromatic heterocycles. The molecule has 2 aliphatic heterocycles. The Labute approximate surface area is 165 Å². The Morgan fingerprint density at radius 1 is 1.07 bits per heavy atom. The van der Waals surface area contributed by atoms with Gasteiger partial charge in [-0.3, -0.25) is 9.80 Å². The summed E-state index contributed by atoms with van der Waals surface area (Å²) in [7, 11) is 0. The Morgan fingerprint density at radius 3 is 2.37 bits per heavy atom. The van der Waals surface area contributed by atoms with Crippen LogP contribution in [0.5, 0.6) is 0 Å². The molecule has 2 aliphatic rings. The summed E-state index contributed by atoms with van der Waals surface area (Å²) >= 11 is 0. The quantitative estimate of drug-likeness (QED) is 0.706. The summed E-state index contributed by atoms with van der Waals surface area (Å²) in [5.74, 6) is 0. The summed E-state index contributed by atoms with van der Waals surface area (Å²) in [5, 5.41) is 0. The van der Waals surface area contributed by atoms with Gasteiger partial charge in [0.2, 0.25) is 0 Å². The fourth-order valence-electron chi connectivity index (χ4n) is 4.83. The second-order valence-corrected chi connectivity index (χ2v) is 8.56. The second kappa shape index (κ2) is 8.72. The highest BCUT2D eigenvalue weighted by molar-refractivity contribution is 5.27. The molecule has 27 heavy (non-hydrogen) atoms. The van der Waals surface area contributed by atoms with Gasteiger partial charge in [-0.15, -0.1) is 0 Å². The lowest BCUT2D eigenvalue weighted by Gasteiger charge is -2.53. The van der Waals surface area contributed by atoms with Crippen LogP contribution in [-0.4, -0.2) is 54.7 Å². The molecule has 0 amide bonds. The number of benzene rings is 1. The number of nitrogens with zero attached hydrogens (tertiary/aromatic N) is 2. The molecule has 0 bridgehead atoms. The summed E-state index contributed by atoms with van der Waals surface area (Å²) in [6.07, 6.45) is 8.75. The van der Waals surface area contributed by atoms with Crippen LogP contribution >= 0.6 is 0 Å². The molecule has 3 heteroatoms. The minimum absolute atomic E-state index is 0.0741. The summed E-state index contributed by atoms with van der Waals surface area (Å²) in [5.41, 5.74) is 2.89. The molecule has 0 radical (unpaired) electrons. The topological polar surface area (TPSA) is 15.7 Å². The average Bonchev–Trinajstić information content (AvgIpc) is 2.68. The van der Waals surface area contributed by atoms with E-state index in [-0.39, 0.29) is 11.1 Å². The standard InChI is InChI=1S/C24H36N2O/c1-5-10-21(6-2)19-25-14-16-26(17-15-25)24(22-11-8-7-9-12-22)13-18-27-23(3,4)20-24/h5-12H,13-20H2,1-4H3/b10-5-,21-6+. The highest BCUT2D eigenvalue weighted by Crippen LogP contribution is 2.44. The number of allylic oxidation sites excluding steroid dienone is 2. The van der Waals surface area contributed by atoms with Gasteiger partial charge in [0.25, 0.3) is 0 Å². The third-order valence-corrected chi connectivity index (χ3v) is 6.17. The minimum atomic E-state index is -0.0741. The molecular weight excluding hydrogens is 332 g/mol. The van der Waals surface area contributed by atoms with Crippen LogP contribution in [0.3, 0.4) is 0 Å². The van der Waals surface area contributed by atoms with Crippen molar-refractivity contribution in [2.24, 2.45) is 0 Å². The Bertz CT molecular complexity index is 656. The molecule has 1 aromatic carbocycles. The first-order valence-electron chi connectivity index (χ1n) is 10.4. The van der Waals surface area contributed by atoms with Crippen LogP contribution in [0.2, 0.25) is 0 Å². The van der Waals surface area contributed by atoms with Crippen LogP contribution in [0, 0.1) is 0 Å². The van der Waals surface area contributed by atoms with E-state index < -0.39 is 0 Å². The fraction of sp³-hybridized carbons (Fsp3) is 0.583. The Balaban J connectivity index is 1.76. The normalized spacial score (nSPS) is 27.9. The Hall–Kier alpha value is -1.42. The number of ether oxygens (including phenoxy) is 1. The van der Waals surface area contributed by atoms with E-state index in [4.69, 9.17) is 4.74 Å². The van der Waals surface area contributed by atoms with Crippen molar-refractivity contribution in [2.75, 3.05) is 39.3 Å². The lowest BCUT2D eigenvalue weighted by Crippen LogP contribution is -2.59. The number of piperazine rings is 1. The zero-order chi connectivity index (χ0) is 19.3. The lowest BCUT2D eigenvalue weighted by atomic mass is 9.74. The SMILES string of the molecule is C/C=C\C(=C/C)CN1CCN(C2(c3ccccc3)CCOC(C)(C)C2)CC1. The fourth-order valence-corrected chi connectivity index (χ4v) is 4.83. The molecule has 2 heterocycles. The molecule has 1 aromatic rings. The van der Waals surface area contributed by atoms with Gasteiger partial charge in [-0.1, -0.05) is 48.6 Å². The predicted octanol–water partition coefficient (Wildman–Crippen LogP) is 4.61. The van der Waals surface area contributed by atoms with Crippen LogP contribution in [0.15, 0.2) is 54.1 Å². The molecule has 0 saturated carbocycles. The van der Waals surface area contributed by atoms with Crippen molar-refractivity contribution < 1.29 is 4.74 Å². The molecule has 148 valence electrons. The average molecular weight is 369 g/mol. The van der Waals surface area contributed by atoms with Crippen molar-refractivity contribution in [3.05, 3.63) is 59.7 Å². The van der Waals surface area contributed by atoms with Crippen molar-refractivity contribution in [3.63, 3.8) is 0 Å². The summed E-state index contributed by atoms with van der Waals surface area (Å²) < 4.78 is 6.10. The first-order chi connectivity index (χ1) is 13.0. The van der Waals surface area contributed by atoms with Gasteiger partial charge < -0.3 is 4.74 Å². The van der Waals surface area contributed by atoms with E-state index in [0.29, 0.717) is 0 Å². The zero-order valence-electron chi connectivity index (χ0n) is 17.6. The maximum absolute atomic E-state index is 6.10. The van der Waals surface area contributed by atoms with E-state index in [1.54, 1.807) is 0 Å². The monoisotopic (exact) mass is 368 g/mol. The van der Waals surface area contributed by atoms with Gasteiger partial charge in [0.1, 0.15) is 0 Å². The van der Waals surface area contributed by atoms with Crippen LogP contribution < -0.4 is 0 Å². The van der Waals surface area contributed by atoms with Gasteiger partial charge in [0.05, 0.1) is 11.1 Å². The number of hydrogen-bond donors (Lipinski definition) is 0. The van der Waals surface area contributed by atoms with Gasteiger partial charge in [-0.05, 0) is 51.7 Å². The summed E-state index contributed by atoms with van der Waals surface area (Å²) in [4.78, 5) is 5.34. The third kappa shape index (κ3) is 4.71. The van der Waals surface area contributed by atoms with E-state index in [1.807, 2.05) is 0 Å². The van der Waals surface area contributed by atoms with Crippen molar-refractivity contribution in [1.29, 1.82) is 0 Å². The van der Waals surface area contributed by atoms with Crippen molar-refractivity contribution in [2.45, 2.75) is 51.7 Å². The van der Waals surface area contributed by atoms with E-state index in [0.717, 1.165) is 52.2 Å². The highest BCUT2D eigenvalue weighted by Gasteiger charge is 2.46. The van der Waals surface area contributed by atoms with E-state index in [1.165, 1.54) is 11.1 Å². The molecular formula is C24H36N2O. The van der Waals surface area contributed by atoms with Crippen LogP contribution in [0.4, 0.5) is 0 Å². The molecule has 3 rings (SSSR count). The molecule has 2 saturated heterocycles. The predicted molar refractivity (Wildman–Crippen MR) is 114 cm³/mol. The van der Waals surface area contributed by atoms with Gasteiger partial charge >= 0.3 is 0 Å². The second-order valence-electron chi connectivity index (χ2n) is 8.56. The first-order valence-corrected chi connectivity index (χ1v) is 10.4. The molecule has 1 unspecified atom stereocenters. The van der Waals surface area contributed by atoms with E-state index in [9.17, 15) is 0 Å². The van der Waals surface area contributed by atoms with Gasteiger partial charge in [-0.25, -0.2) is 0 Å². The molecule has 0 aliphatic carbocycles. The largest absolute Gasteiger partial charge is 0.375 e. The minimum Gasteiger partial charge on any atom is -0.375 e. The smallest absolute Gasteiger partial charge is 0.0647 e. The van der Waals surface area contributed by atoms with Gasteiger partial charge in [-0.2, -0.15) is 0 Å². The Kier molecular flexibility index (Phi) is 6.56. The van der Waals surface area contributed by atoms with Crippen molar-refractivity contribution in [3.8, 4) is 0 Å². The molecule has 1 atom stereocenters. The highest BCUT2D eigenvalue weighted by atomic mass is 16.5. The van der Waals surface area contributed by atoms with Crippen molar-refractivity contribution in [1.82, 2.24) is 9.80 Å². The molecule has 2 fully saturated rings. The maximum Gasteiger partial charge on any atom is 0.0647 e. The molecule has 0 N–H and O–H groups in total. The first kappa shape index (κ1) is 20.3. The molecule has 0 spiro atoms. The summed E-state index contributed by atoms with van der Waals surface area (Å²) in [6, 6.07) is 11.1. The van der Waals surface area contributed by atoms with E-state index >= 15 is 0 Å². The van der Waals surface area contributed by atoms with E-state index in [2.05, 4.69) is 86.1 Å². The molecule has 3 nitrogen and oxygen atoms in total. The number of hydrogen-bond acceptors (Lipinski definition) is 3. The van der Waals surface area contributed by atoms with Crippen LogP contribution in [0.1, 0.15) is 46.1 Å². The van der Waals surface area contributed by atoms with Gasteiger partial charge in [0.15, 0.2) is 0 Å². The summed E-state index contributed by atoms with van der Waals surface area (Å²) in [6.45, 7) is 15.1. The third-order valence-electron chi connectivity index (χ3n) is 6.17. The van der Waals surface area contributed by atoms with Crippen molar-refractivity contribution >= 4 is 0 Å². The van der Waals surface area contributed by atoms with Crippen LogP contribution in [0.25, 0.3) is 0 Å². The maximum atomic E-state index is 6.10. The lowest BCUT2D eigenvalue weighted by molar-refractivity contribution is -0.130. The van der Waals surface area contributed by atoms with Crippen LogP contribution in [-0.2, 0) is 10.3 Å². The number of rotatable bonds is 5. The Morgan fingerprint density at radius 2 is 1.78 bits per heavy atom. The zero-order valence-corrected chi connectivity index (χ0v) is 17.6. The van der Waals surface area contributed by atoms with Gasteiger partial charge in [0, 0.05) is 39.3 Å².